The molecule has 1 atom stereocenters. The van der Waals surface area contributed by atoms with Gasteiger partial charge >= 0.3 is 11.9 Å². The van der Waals surface area contributed by atoms with Gasteiger partial charge in [-0.25, -0.2) is 0 Å². The molecule has 0 aliphatic carbocycles. The fourth-order valence-electron chi connectivity index (χ4n) is 0.481. The first kappa shape index (κ1) is 10.2. The Balaban J connectivity index is 4.23. The van der Waals surface area contributed by atoms with E-state index in [1.807, 2.05) is 0 Å². The van der Waals surface area contributed by atoms with Crippen molar-refractivity contribution in [2.24, 2.45) is 5.11 Å². The average molecular weight is 173 g/mol. The molecule has 7 heteroatoms. The highest BCUT2D eigenvalue weighted by Gasteiger charge is 2.19. The van der Waals surface area contributed by atoms with Crippen LogP contribution in [0.5, 0.6) is 0 Å². The normalized spacial score (nSPS) is 11.1. The molecule has 0 rings (SSSR count). The molecule has 0 radical (unpaired) electrons. The minimum absolute atomic E-state index is 0.449. The first-order valence-electron chi connectivity index (χ1n) is 2.95. The van der Waals surface area contributed by atoms with E-state index in [9.17, 15) is 9.59 Å². The fourth-order valence-corrected chi connectivity index (χ4v) is 0.481. The summed E-state index contributed by atoms with van der Waals surface area (Å²) in [7, 11) is 1.12. The molecule has 0 aromatic heterocycles. The van der Waals surface area contributed by atoms with E-state index in [4.69, 9.17) is 10.6 Å². The van der Waals surface area contributed by atoms with E-state index >= 15 is 0 Å². The molecule has 0 aliphatic heterocycles. The van der Waals surface area contributed by atoms with Crippen molar-refractivity contribution >= 4 is 11.9 Å². The molecular weight excluding hydrogens is 166 g/mol. The molecular formula is C5H7N3O4. The summed E-state index contributed by atoms with van der Waals surface area (Å²) in [5.74, 6) is -2.08. The highest BCUT2D eigenvalue weighted by Crippen LogP contribution is 2.00. The van der Waals surface area contributed by atoms with Gasteiger partial charge in [0.05, 0.1) is 13.5 Å². The van der Waals surface area contributed by atoms with Crippen LogP contribution >= 0.6 is 0 Å². The number of carbonyl (C=O) groups excluding carboxylic acids is 1. The molecule has 0 amide bonds. The third kappa shape index (κ3) is 3.43. The lowest BCUT2D eigenvalue weighted by Gasteiger charge is -2.02. The zero-order chi connectivity index (χ0) is 9.56. The van der Waals surface area contributed by atoms with Crippen LogP contribution < -0.4 is 0 Å². The van der Waals surface area contributed by atoms with E-state index in [-0.39, 0.29) is 0 Å². The van der Waals surface area contributed by atoms with Gasteiger partial charge in [0.2, 0.25) is 0 Å². The van der Waals surface area contributed by atoms with Gasteiger partial charge in [0.25, 0.3) is 0 Å². The van der Waals surface area contributed by atoms with Crippen molar-refractivity contribution in [3.05, 3.63) is 10.4 Å². The smallest absolute Gasteiger partial charge is 0.313 e. The van der Waals surface area contributed by atoms with Crippen molar-refractivity contribution in [2.45, 2.75) is 12.5 Å². The highest BCUT2D eigenvalue weighted by molar-refractivity contribution is 5.81. The summed E-state index contributed by atoms with van der Waals surface area (Å²) in [6, 6.07) is -1.39. The highest BCUT2D eigenvalue weighted by atomic mass is 16.5. The molecule has 0 fully saturated rings. The molecule has 0 unspecified atom stereocenters. The molecule has 0 aromatic carbocycles. The summed E-state index contributed by atoms with van der Waals surface area (Å²) in [6.07, 6.45) is -0.449. The van der Waals surface area contributed by atoms with Crippen molar-refractivity contribution in [1.82, 2.24) is 0 Å². The van der Waals surface area contributed by atoms with Crippen molar-refractivity contribution in [3.63, 3.8) is 0 Å². The van der Waals surface area contributed by atoms with Gasteiger partial charge in [-0.1, -0.05) is 5.11 Å². The van der Waals surface area contributed by atoms with Crippen molar-refractivity contribution in [2.75, 3.05) is 7.11 Å². The zero-order valence-electron chi connectivity index (χ0n) is 6.30. The third-order valence-corrected chi connectivity index (χ3v) is 1.06. The number of carboxylic acids is 1. The Kier molecular flexibility index (Phi) is 4.25. The predicted octanol–water partition coefficient (Wildman–Crippen LogP) is 0.313. The summed E-state index contributed by atoms with van der Waals surface area (Å²) in [5, 5.41) is 11.3. The minimum Gasteiger partial charge on any atom is -0.481 e. The second-order valence-electron chi connectivity index (χ2n) is 1.84. The number of azide groups is 1. The van der Waals surface area contributed by atoms with E-state index < -0.39 is 24.4 Å². The third-order valence-electron chi connectivity index (χ3n) is 1.06. The first-order chi connectivity index (χ1) is 5.61. The molecule has 0 spiro atoms. The van der Waals surface area contributed by atoms with Crippen LogP contribution in [-0.2, 0) is 14.3 Å². The lowest BCUT2D eigenvalue weighted by molar-refractivity contribution is -0.146. The quantitative estimate of drug-likeness (QED) is 0.285. The topological polar surface area (TPSA) is 112 Å². The number of aliphatic carboxylic acids is 1. The molecule has 0 heterocycles. The number of hydrogen-bond acceptors (Lipinski definition) is 4. The predicted molar refractivity (Wildman–Crippen MR) is 37.2 cm³/mol. The summed E-state index contributed by atoms with van der Waals surface area (Å²) in [6.45, 7) is 0. The molecule has 0 saturated carbocycles. The van der Waals surface area contributed by atoms with Crippen LogP contribution in [0.15, 0.2) is 5.11 Å². The molecule has 0 aliphatic rings. The standard InChI is InChI=1S/C5H7N3O4/c1-12-4(9)2-3(5(10)11)7-8-6/h3H,2H2,1H3,(H,10,11)/t3-/m1/s1. The van der Waals surface area contributed by atoms with Crippen LogP contribution in [0.1, 0.15) is 6.42 Å². The van der Waals surface area contributed by atoms with Crippen LogP contribution in [0.3, 0.4) is 0 Å². The van der Waals surface area contributed by atoms with Crippen molar-refractivity contribution < 1.29 is 19.4 Å². The number of hydrogen-bond donors (Lipinski definition) is 1. The molecule has 1 N–H and O–H groups in total. The number of nitrogens with zero attached hydrogens (tertiary/aromatic N) is 3. The largest absolute Gasteiger partial charge is 0.481 e. The summed E-state index contributed by atoms with van der Waals surface area (Å²) >= 11 is 0. The molecule has 66 valence electrons. The number of carboxylic acid groups (broad SMARTS) is 1. The molecule has 12 heavy (non-hydrogen) atoms. The van der Waals surface area contributed by atoms with E-state index in [1.54, 1.807) is 0 Å². The van der Waals surface area contributed by atoms with Gasteiger partial charge in [-0.3, -0.25) is 9.59 Å². The van der Waals surface area contributed by atoms with Gasteiger partial charge in [-0.05, 0) is 5.53 Å². The van der Waals surface area contributed by atoms with Gasteiger partial charge in [-0.2, -0.15) is 0 Å². The van der Waals surface area contributed by atoms with Crippen LogP contribution in [0, 0.1) is 0 Å². The monoisotopic (exact) mass is 173 g/mol. The van der Waals surface area contributed by atoms with Gasteiger partial charge in [0, 0.05) is 4.91 Å². The molecule has 0 saturated heterocycles. The molecule has 0 bridgehead atoms. The Morgan fingerprint density at radius 3 is 2.67 bits per heavy atom. The molecule has 0 aromatic rings. The van der Waals surface area contributed by atoms with E-state index in [0.717, 1.165) is 7.11 Å². The van der Waals surface area contributed by atoms with Crippen molar-refractivity contribution in [1.29, 1.82) is 0 Å². The maximum Gasteiger partial charge on any atom is 0.313 e. The summed E-state index contributed by atoms with van der Waals surface area (Å²) in [5.41, 5.74) is 7.91. The number of ether oxygens (including phenoxy) is 1. The second kappa shape index (κ2) is 4.97. The Morgan fingerprint density at radius 1 is 1.75 bits per heavy atom. The van der Waals surface area contributed by atoms with Crippen molar-refractivity contribution in [3.8, 4) is 0 Å². The maximum atomic E-state index is 10.5. The number of rotatable bonds is 4. The fraction of sp³-hybridized carbons (Fsp3) is 0.600. The zero-order valence-corrected chi connectivity index (χ0v) is 6.30. The Hall–Kier alpha value is -1.75. The van der Waals surface area contributed by atoms with E-state index in [0.29, 0.717) is 0 Å². The average Bonchev–Trinajstić information content (AvgIpc) is 2.03. The number of methoxy groups -OCH3 is 1. The SMILES string of the molecule is COC(=O)C[C@@H](N=[N+]=[N-])C(=O)O. The molecule has 7 nitrogen and oxygen atoms in total. The summed E-state index contributed by atoms with van der Waals surface area (Å²) in [4.78, 5) is 23.1. The number of carbonyl (C=O) groups is 2. The van der Waals surface area contributed by atoms with Crippen LogP contribution in [0.2, 0.25) is 0 Å². The van der Waals surface area contributed by atoms with Crippen LogP contribution in [0.4, 0.5) is 0 Å². The minimum atomic E-state index is -1.39. The van der Waals surface area contributed by atoms with Gasteiger partial charge < -0.3 is 9.84 Å². The van der Waals surface area contributed by atoms with Gasteiger partial charge in [0.1, 0.15) is 6.04 Å². The van der Waals surface area contributed by atoms with Gasteiger partial charge in [0.15, 0.2) is 0 Å². The number of esters is 1. The first-order valence-corrected chi connectivity index (χ1v) is 2.95. The van der Waals surface area contributed by atoms with E-state index in [2.05, 4.69) is 14.8 Å². The van der Waals surface area contributed by atoms with Gasteiger partial charge in [-0.15, -0.1) is 0 Å². The Bertz CT molecular complexity index is 231. The second-order valence-corrected chi connectivity index (χ2v) is 1.84. The van der Waals surface area contributed by atoms with Crippen LogP contribution in [0.25, 0.3) is 10.4 Å². The Labute approximate surface area is 67.6 Å². The summed E-state index contributed by atoms with van der Waals surface area (Å²) < 4.78 is 4.19. The van der Waals surface area contributed by atoms with E-state index in [1.165, 1.54) is 0 Å². The lowest BCUT2D eigenvalue weighted by Crippen LogP contribution is -2.21. The lowest BCUT2D eigenvalue weighted by atomic mass is 10.2. The Morgan fingerprint density at radius 2 is 2.33 bits per heavy atom. The maximum absolute atomic E-state index is 10.5. The van der Waals surface area contributed by atoms with Crippen LogP contribution in [-0.4, -0.2) is 30.2 Å².